The van der Waals surface area contributed by atoms with E-state index in [2.05, 4.69) is 6.92 Å². The van der Waals surface area contributed by atoms with E-state index in [4.69, 9.17) is 5.11 Å². The molecule has 0 aliphatic carbocycles. The summed E-state index contributed by atoms with van der Waals surface area (Å²) in [6.45, 7) is 2.53. The maximum absolute atomic E-state index is 9.41. The Bertz CT molecular complexity index is 187. The molecule has 0 amide bonds. The molecule has 88 valence electrons. The van der Waals surface area contributed by atoms with Crippen LogP contribution in [-0.2, 0) is 9.59 Å². The number of hydrogen-bond donors (Lipinski definition) is 1. The number of carboxylic acids is 2. The van der Waals surface area contributed by atoms with Crippen LogP contribution in [-0.4, -0.2) is 23.7 Å². The predicted octanol–water partition coefficient (Wildman–Crippen LogP) is -7.39. The molecule has 0 atom stereocenters. The van der Waals surface area contributed by atoms with Crippen molar-refractivity contribution < 1.29 is 84.0 Å². The van der Waals surface area contributed by atoms with Gasteiger partial charge in [0.2, 0.25) is 0 Å². The van der Waals surface area contributed by atoms with Crippen molar-refractivity contribution >= 4 is 11.9 Å². The summed E-state index contributed by atoms with van der Waals surface area (Å²) in [4.78, 5) is 18.8. The third kappa shape index (κ3) is 38.4. The van der Waals surface area contributed by atoms with Crippen molar-refractivity contribution in [2.45, 2.75) is 32.6 Å². The van der Waals surface area contributed by atoms with Crippen LogP contribution in [0.2, 0.25) is 0 Å². The summed E-state index contributed by atoms with van der Waals surface area (Å²) >= 11 is 0. The molecule has 0 heterocycles. The molecule has 0 radical (unpaired) electrons. The van der Waals surface area contributed by atoms with Crippen LogP contribution in [0, 0.1) is 0 Å². The number of aliphatic carboxylic acids is 2. The van der Waals surface area contributed by atoms with Gasteiger partial charge in [-0.05, 0) is 18.6 Å². The summed E-state index contributed by atoms with van der Waals surface area (Å²) in [5.41, 5.74) is 0. The molecule has 0 aromatic rings. The number of aliphatic hydroxyl groups is 1. The Balaban J connectivity index is -0.0000000896. The molecule has 1 N–H and O–H groups in total. The van der Waals surface area contributed by atoms with Crippen molar-refractivity contribution in [3.63, 3.8) is 0 Å². The number of aliphatic hydroxyl groups excluding tert-OH is 1. The summed E-state index contributed by atoms with van der Waals surface area (Å²) in [6.07, 6.45) is 5.45. The minimum absolute atomic E-state index is 0. The van der Waals surface area contributed by atoms with E-state index < -0.39 is 11.9 Å². The summed E-state index contributed by atoms with van der Waals surface area (Å²) in [7, 11) is 0. The minimum atomic E-state index is -1.55. The van der Waals surface area contributed by atoms with Crippen molar-refractivity contribution in [2.75, 3.05) is 6.61 Å². The van der Waals surface area contributed by atoms with E-state index in [1.54, 1.807) is 0 Å². The molecule has 17 heavy (non-hydrogen) atoms. The average Bonchev–Trinajstić information content (AvgIpc) is 2.17. The standard InChI is InChI=1S/C6H14O.C4H4O4.2Na/c1-2-3-4-5-6-7;5-3(6)1-2-4(7)8;;/h7H,2-6H2,1H3;1-2H,(H,5,6)(H,7,8);;/q;;2*+1/p-2/b;2-1-;;. The van der Waals surface area contributed by atoms with Crippen molar-refractivity contribution in [1.82, 2.24) is 0 Å². The van der Waals surface area contributed by atoms with Crippen LogP contribution in [0.15, 0.2) is 12.2 Å². The molecule has 0 aliphatic rings. The van der Waals surface area contributed by atoms with Gasteiger partial charge in [-0.15, -0.1) is 0 Å². The molecule has 0 rings (SSSR count). The first kappa shape index (κ1) is 26.3. The number of carboxylic acid groups (broad SMARTS) is 2. The van der Waals surface area contributed by atoms with Crippen LogP contribution >= 0.6 is 0 Å². The molecule has 5 nitrogen and oxygen atoms in total. The van der Waals surface area contributed by atoms with Gasteiger partial charge in [-0.3, -0.25) is 0 Å². The third-order valence-electron chi connectivity index (χ3n) is 1.37. The van der Waals surface area contributed by atoms with Gasteiger partial charge in [0.15, 0.2) is 0 Å². The van der Waals surface area contributed by atoms with Crippen molar-refractivity contribution in [2.24, 2.45) is 0 Å². The van der Waals surface area contributed by atoms with Gasteiger partial charge in [0.25, 0.3) is 0 Å². The Kier molecular flexibility index (Phi) is 33.8. The van der Waals surface area contributed by atoms with Gasteiger partial charge in [0, 0.05) is 6.61 Å². The Hall–Kier alpha value is 0.640. The zero-order valence-electron chi connectivity index (χ0n) is 10.8. The van der Waals surface area contributed by atoms with E-state index in [1.165, 1.54) is 19.3 Å². The molecular formula is C10H16Na2O5. The molecule has 0 aromatic carbocycles. The molecule has 0 unspecified atom stereocenters. The summed E-state index contributed by atoms with van der Waals surface area (Å²) in [5.74, 6) is -3.09. The first-order valence-corrected chi connectivity index (χ1v) is 4.75. The van der Waals surface area contributed by atoms with Crippen LogP contribution in [0.1, 0.15) is 32.6 Å². The SMILES string of the molecule is CCCCCCO.O=C([O-])/C=C\C(=O)[O-].[Na+].[Na+]. The monoisotopic (exact) mass is 262 g/mol. The zero-order valence-corrected chi connectivity index (χ0v) is 14.8. The molecule has 0 spiro atoms. The number of carbonyl (C=O) groups is 2. The Morgan fingerprint density at radius 3 is 1.65 bits per heavy atom. The van der Waals surface area contributed by atoms with Crippen molar-refractivity contribution in [1.29, 1.82) is 0 Å². The van der Waals surface area contributed by atoms with Gasteiger partial charge in [-0.1, -0.05) is 26.2 Å². The zero-order chi connectivity index (χ0) is 12.1. The first-order valence-electron chi connectivity index (χ1n) is 4.75. The van der Waals surface area contributed by atoms with E-state index in [-0.39, 0.29) is 59.1 Å². The fraction of sp³-hybridized carbons (Fsp3) is 0.600. The summed E-state index contributed by atoms with van der Waals surface area (Å²) in [5, 5.41) is 27.1. The van der Waals surface area contributed by atoms with Gasteiger partial charge < -0.3 is 24.9 Å². The normalized spacial score (nSPS) is 8.35. The number of hydrogen-bond acceptors (Lipinski definition) is 5. The average molecular weight is 262 g/mol. The van der Waals surface area contributed by atoms with Crippen molar-refractivity contribution in [3.8, 4) is 0 Å². The number of unbranched alkanes of at least 4 members (excludes halogenated alkanes) is 3. The van der Waals surface area contributed by atoms with Crippen LogP contribution in [0.5, 0.6) is 0 Å². The maximum Gasteiger partial charge on any atom is 1.00 e. The van der Waals surface area contributed by atoms with Crippen LogP contribution in [0.3, 0.4) is 0 Å². The van der Waals surface area contributed by atoms with Gasteiger partial charge in [0.1, 0.15) is 0 Å². The van der Waals surface area contributed by atoms with E-state index in [0.717, 1.165) is 6.42 Å². The van der Waals surface area contributed by atoms with Gasteiger partial charge in [0.05, 0.1) is 11.9 Å². The van der Waals surface area contributed by atoms with Crippen molar-refractivity contribution in [3.05, 3.63) is 12.2 Å². The maximum atomic E-state index is 9.41. The van der Waals surface area contributed by atoms with E-state index in [1.807, 2.05) is 0 Å². The predicted molar refractivity (Wildman–Crippen MR) is 50.4 cm³/mol. The minimum Gasteiger partial charge on any atom is -0.545 e. The Labute approximate surface area is 146 Å². The van der Waals surface area contributed by atoms with E-state index >= 15 is 0 Å². The summed E-state index contributed by atoms with van der Waals surface area (Å²) in [6, 6.07) is 0. The van der Waals surface area contributed by atoms with Gasteiger partial charge in [-0.25, -0.2) is 0 Å². The fourth-order valence-corrected chi connectivity index (χ4v) is 0.675. The van der Waals surface area contributed by atoms with Crippen LogP contribution in [0.25, 0.3) is 0 Å². The van der Waals surface area contributed by atoms with Crippen LogP contribution < -0.4 is 69.3 Å². The summed E-state index contributed by atoms with van der Waals surface area (Å²) < 4.78 is 0. The molecular weight excluding hydrogens is 246 g/mol. The second-order valence-electron chi connectivity index (χ2n) is 2.76. The van der Waals surface area contributed by atoms with Gasteiger partial charge in [-0.2, -0.15) is 0 Å². The third-order valence-corrected chi connectivity index (χ3v) is 1.37. The van der Waals surface area contributed by atoms with Gasteiger partial charge >= 0.3 is 59.1 Å². The molecule has 0 bridgehead atoms. The quantitative estimate of drug-likeness (QED) is 0.291. The largest absolute Gasteiger partial charge is 1.00 e. The number of rotatable bonds is 6. The second-order valence-corrected chi connectivity index (χ2v) is 2.76. The van der Waals surface area contributed by atoms with Crippen LogP contribution in [0.4, 0.5) is 0 Å². The molecule has 0 fully saturated rings. The Morgan fingerprint density at radius 2 is 1.41 bits per heavy atom. The number of carbonyl (C=O) groups excluding carboxylic acids is 2. The first-order chi connectivity index (χ1) is 7.04. The molecule has 0 aliphatic heterocycles. The Morgan fingerprint density at radius 1 is 1.00 bits per heavy atom. The topological polar surface area (TPSA) is 100 Å². The molecule has 0 saturated heterocycles. The second kappa shape index (κ2) is 21.9. The molecule has 0 aromatic heterocycles. The smallest absolute Gasteiger partial charge is 0.545 e. The molecule has 7 heteroatoms. The van der Waals surface area contributed by atoms with E-state index in [0.29, 0.717) is 18.8 Å². The molecule has 0 saturated carbocycles. The fourth-order valence-electron chi connectivity index (χ4n) is 0.675. The van der Waals surface area contributed by atoms with E-state index in [9.17, 15) is 19.8 Å².